The van der Waals surface area contributed by atoms with Gasteiger partial charge >= 0.3 is 0 Å². The van der Waals surface area contributed by atoms with Crippen molar-refractivity contribution < 1.29 is 23.1 Å². The number of carbonyl (C=O) groups excluding carboxylic acids is 1. The summed E-state index contributed by atoms with van der Waals surface area (Å²) in [5, 5.41) is 13.2. The fraction of sp³-hybridized carbons (Fsp3) is 0.208. The molecule has 0 aliphatic carbocycles. The van der Waals surface area contributed by atoms with Crippen molar-refractivity contribution in [3.8, 4) is 5.75 Å². The maximum atomic E-state index is 13.8. The van der Waals surface area contributed by atoms with Crippen molar-refractivity contribution in [3.05, 3.63) is 80.8 Å². The maximum absolute atomic E-state index is 13.8. The monoisotopic (exact) mass is 554 g/mol. The van der Waals surface area contributed by atoms with Crippen LogP contribution in [-0.2, 0) is 16.4 Å². The van der Waals surface area contributed by atoms with Gasteiger partial charge in [0.05, 0.1) is 28.4 Å². The van der Waals surface area contributed by atoms with Crippen LogP contribution in [0.25, 0.3) is 0 Å². The summed E-state index contributed by atoms with van der Waals surface area (Å²) in [6.45, 7) is -0.156. The summed E-state index contributed by atoms with van der Waals surface area (Å²) >= 11 is 18.4. The molecule has 1 amide bonds. The Balaban J connectivity index is 1.76. The highest BCUT2D eigenvalue weighted by Gasteiger charge is 2.35. The van der Waals surface area contributed by atoms with Crippen LogP contribution in [0.2, 0.25) is 15.1 Å². The van der Waals surface area contributed by atoms with Gasteiger partial charge in [-0.05, 0) is 54.4 Å². The Morgan fingerprint density at radius 2 is 1.83 bits per heavy atom. The lowest BCUT2D eigenvalue weighted by Gasteiger charge is -2.35. The fourth-order valence-electron chi connectivity index (χ4n) is 3.98. The minimum atomic E-state index is -4.14. The number of nitrogens with one attached hydrogen (secondary N) is 1. The third kappa shape index (κ3) is 5.08. The van der Waals surface area contributed by atoms with E-state index < -0.39 is 15.9 Å². The van der Waals surface area contributed by atoms with Gasteiger partial charge in [-0.15, -0.1) is 0 Å². The Bertz CT molecular complexity index is 1380. The molecule has 1 atom stereocenters. The largest absolute Gasteiger partial charge is 0.495 e. The van der Waals surface area contributed by atoms with Gasteiger partial charge in [-0.3, -0.25) is 9.10 Å². The van der Waals surface area contributed by atoms with Crippen molar-refractivity contribution in [2.75, 3.05) is 29.9 Å². The summed E-state index contributed by atoms with van der Waals surface area (Å²) in [4.78, 5) is 12.8. The summed E-state index contributed by atoms with van der Waals surface area (Å²) in [5.74, 6) is -0.708. The zero-order valence-corrected chi connectivity index (χ0v) is 21.5. The number of carbonyl (C=O) groups is 1. The molecular formula is C24H21Cl3N2O5S. The first kappa shape index (κ1) is 25.6. The number of benzene rings is 3. The number of aliphatic hydroxyl groups is 1. The van der Waals surface area contributed by atoms with Crippen LogP contribution in [0.1, 0.15) is 15.9 Å². The van der Waals surface area contributed by atoms with E-state index in [1.165, 1.54) is 29.6 Å². The Morgan fingerprint density at radius 1 is 1.11 bits per heavy atom. The van der Waals surface area contributed by atoms with Crippen LogP contribution < -0.4 is 14.4 Å². The molecule has 35 heavy (non-hydrogen) atoms. The Labute approximate surface area is 218 Å². The molecule has 184 valence electrons. The SMILES string of the molecule is COc1ccc(Cl)cc1S(=O)(=O)N1C[C@H](CO)Cc2ccc(NC(=O)c3c(Cl)cccc3Cl)cc21. The van der Waals surface area contributed by atoms with Crippen LogP contribution in [0.3, 0.4) is 0 Å². The van der Waals surface area contributed by atoms with Crippen LogP contribution in [0.5, 0.6) is 5.75 Å². The van der Waals surface area contributed by atoms with Gasteiger partial charge in [0, 0.05) is 29.8 Å². The highest BCUT2D eigenvalue weighted by molar-refractivity contribution is 7.93. The van der Waals surface area contributed by atoms with Gasteiger partial charge in [-0.2, -0.15) is 0 Å². The van der Waals surface area contributed by atoms with Gasteiger partial charge in [-0.1, -0.05) is 46.9 Å². The second kappa shape index (κ2) is 10.2. The van der Waals surface area contributed by atoms with Crippen molar-refractivity contribution in [3.63, 3.8) is 0 Å². The van der Waals surface area contributed by atoms with E-state index in [1.54, 1.807) is 36.4 Å². The third-order valence-corrected chi connectivity index (χ3v) is 8.35. The fourth-order valence-corrected chi connectivity index (χ4v) is 6.54. The number of hydrogen-bond acceptors (Lipinski definition) is 5. The first-order chi connectivity index (χ1) is 16.6. The molecule has 7 nitrogen and oxygen atoms in total. The molecule has 1 aliphatic heterocycles. The number of methoxy groups -OCH3 is 1. The lowest BCUT2D eigenvalue weighted by molar-refractivity contribution is 0.102. The molecule has 1 aliphatic rings. The molecule has 0 unspecified atom stereocenters. The summed E-state index contributed by atoms with van der Waals surface area (Å²) in [5.41, 5.74) is 1.54. The van der Waals surface area contributed by atoms with E-state index in [4.69, 9.17) is 39.5 Å². The minimum Gasteiger partial charge on any atom is -0.495 e. The van der Waals surface area contributed by atoms with Crippen LogP contribution >= 0.6 is 34.8 Å². The molecule has 0 aromatic heterocycles. The smallest absolute Gasteiger partial charge is 0.268 e. The molecule has 3 aromatic rings. The molecular weight excluding hydrogens is 535 g/mol. The number of aliphatic hydroxyl groups excluding tert-OH is 1. The lowest BCUT2D eigenvalue weighted by Crippen LogP contribution is -2.41. The van der Waals surface area contributed by atoms with Crippen molar-refractivity contribution in [2.24, 2.45) is 5.92 Å². The average molecular weight is 556 g/mol. The van der Waals surface area contributed by atoms with Gasteiger partial charge < -0.3 is 15.2 Å². The number of anilines is 2. The number of amides is 1. The van der Waals surface area contributed by atoms with E-state index in [0.29, 0.717) is 23.4 Å². The Morgan fingerprint density at radius 3 is 2.49 bits per heavy atom. The van der Waals surface area contributed by atoms with Gasteiger partial charge in [0.1, 0.15) is 10.6 Å². The molecule has 0 fully saturated rings. The number of ether oxygens (including phenoxy) is 1. The number of fused-ring (bicyclic) bond motifs is 1. The van der Waals surface area contributed by atoms with E-state index >= 15 is 0 Å². The van der Waals surface area contributed by atoms with E-state index in [0.717, 1.165) is 0 Å². The molecule has 3 aromatic carbocycles. The first-order valence-electron chi connectivity index (χ1n) is 10.5. The second-order valence-corrected chi connectivity index (χ2v) is 11.1. The molecule has 0 bridgehead atoms. The Kier molecular flexibility index (Phi) is 7.49. The molecule has 1 heterocycles. The predicted octanol–water partition coefficient (Wildman–Crippen LogP) is 5.27. The standard InChI is InChI=1S/C24H21Cl3N2O5S/c1-34-21-8-6-16(25)10-22(21)35(32,33)29-12-14(13-30)9-15-5-7-17(11-20(15)29)28-24(31)23-18(26)3-2-4-19(23)27/h2-8,10-11,14,30H,9,12-13H2,1H3,(H,28,31)/t14-/m1/s1. The van der Waals surface area contributed by atoms with Gasteiger partial charge in [0.25, 0.3) is 15.9 Å². The van der Waals surface area contributed by atoms with Crippen LogP contribution in [0.15, 0.2) is 59.5 Å². The van der Waals surface area contributed by atoms with Crippen LogP contribution in [0.4, 0.5) is 11.4 Å². The van der Waals surface area contributed by atoms with Gasteiger partial charge in [0.15, 0.2) is 0 Å². The molecule has 0 radical (unpaired) electrons. The van der Waals surface area contributed by atoms with Gasteiger partial charge in [-0.25, -0.2) is 8.42 Å². The van der Waals surface area contributed by atoms with Crippen molar-refractivity contribution in [1.29, 1.82) is 0 Å². The molecule has 0 spiro atoms. The van der Waals surface area contributed by atoms with Crippen LogP contribution in [-0.4, -0.2) is 39.7 Å². The predicted molar refractivity (Wildman–Crippen MR) is 138 cm³/mol. The molecule has 2 N–H and O–H groups in total. The minimum absolute atomic E-state index is 0.0369. The molecule has 0 saturated heterocycles. The number of sulfonamides is 1. The Hall–Kier alpha value is -2.49. The number of rotatable bonds is 6. The van der Waals surface area contributed by atoms with Crippen LogP contribution in [0, 0.1) is 5.92 Å². The molecule has 11 heteroatoms. The first-order valence-corrected chi connectivity index (χ1v) is 13.1. The number of halogens is 3. The third-order valence-electron chi connectivity index (χ3n) is 5.69. The number of nitrogens with zero attached hydrogens (tertiary/aromatic N) is 1. The maximum Gasteiger partial charge on any atom is 0.268 e. The second-order valence-electron chi connectivity index (χ2n) is 7.98. The zero-order chi connectivity index (χ0) is 25.3. The summed E-state index contributed by atoms with van der Waals surface area (Å²) in [6, 6.07) is 14.0. The van der Waals surface area contributed by atoms with E-state index in [1.807, 2.05) is 0 Å². The topological polar surface area (TPSA) is 95.9 Å². The summed E-state index contributed by atoms with van der Waals surface area (Å²) in [6.07, 6.45) is 0.467. The van der Waals surface area contributed by atoms with Crippen molar-refractivity contribution >= 4 is 62.1 Å². The molecule has 0 saturated carbocycles. The number of hydrogen-bond donors (Lipinski definition) is 2. The normalized spacial score (nSPS) is 15.5. The highest BCUT2D eigenvalue weighted by atomic mass is 35.5. The molecule has 4 rings (SSSR count). The highest BCUT2D eigenvalue weighted by Crippen LogP contribution is 2.39. The van der Waals surface area contributed by atoms with Crippen molar-refractivity contribution in [1.82, 2.24) is 0 Å². The van der Waals surface area contributed by atoms with E-state index in [-0.39, 0.29) is 50.3 Å². The van der Waals surface area contributed by atoms with Gasteiger partial charge in [0.2, 0.25) is 0 Å². The zero-order valence-electron chi connectivity index (χ0n) is 18.5. The summed E-state index contributed by atoms with van der Waals surface area (Å²) < 4.78 is 34.0. The summed E-state index contributed by atoms with van der Waals surface area (Å²) in [7, 11) is -2.77. The van der Waals surface area contributed by atoms with Crippen molar-refractivity contribution in [2.45, 2.75) is 11.3 Å². The quantitative estimate of drug-likeness (QED) is 0.432. The lowest BCUT2D eigenvalue weighted by atomic mass is 9.94. The van der Waals surface area contributed by atoms with E-state index in [9.17, 15) is 18.3 Å². The average Bonchev–Trinajstić information content (AvgIpc) is 2.83. The van der Waals surface area contributed by atoms with E-state index in [2.05, 4.69) is 5.32 Å².